The quantitative estimate of drug-likeness (QED) is 0.721. The number of rotatable bonds is 3. The molecule has 3 aromatic rings. The van der Waals surface area contributed by atoms with Crippen LogP contribution in [-0.4, -0.2) is 47.0 Å². The summed E-state index contributed by atoms with van der Waals surface area (Å²) >= 11 is 6.28. The molecule has 2 heterocycles. The van der Waals surface area contributed by atoms with Gasteiger partial charge >= 0.3 is 0 Å². The molecule has 1 aliphatic rings. The minimum atomic E-state index is -0.442. The Morgan fingerprint density at radius 1 is 1.14 bits per heavy atom. The van der Waals surface area contributed by atoms with Crippen LogP contribution in [0.25, 0.3) is 11.3 Å². The number of H-pyrrole nitrogens is 1. The van der Waals surface area contributed by atoms with Gasteiger partial charge in [0.25, 0.3) is 5.91 Å². The van der Waals surface area contributed by atoms with Crippen LogP contribution in [0.3, 0.4) is 0 Å². The molecule has 1 fully saturated rings. The summed E-state index contributed by atoms with van der Waals surface area (Å²) in [6, 6.07) is 12.1. The number of benzene rings is 2. The molecule has 0 saturated carbocycles. The van der Waals surface area contributed by atoms with Crippen molar-refractivity contribution in [1.29, 1.82) is 0 Å². The number of hydrogen-bond acceptors (Lipinski definition) is 3. The first-order valence-corrected chi connectivity index (χ1v) is 9.50. The second-order valence-corrected chi connectivity index (χ2v) is 7.25. The molecule has 0 unspecified atom stereocenters. The standard InChI is InChI=1S/C21H20ClFN4O/c1-14-24-13-19(25-14)15-10-16(12-17(23)11-15)21(28)27-8-6-26(7-9-27)20-5-3-2-4-18(20)22/h2-5,10-13H,6-9H2,1H3,(H,24,25). The summed E-state index contributed by atoms with van der Waals surface area (Å²) in [6.45, 7) is 4.29. The molecule has 0 bridgehead atoms. The highest BCUT2D eigenvalue weighted by molar-refractivity contribution is 6.33. The highest BCUT2D eigenvalue weighted by Crippen LogP contribution is 2.27. The van der Waals surface area contributed by atoms with Crippen molar-refractivity contribution in [2.75, 3.05) is 31.1 Å². The number of piperazine rings is 1. The maximum Gasteiger partial charge on any atom is 0.254 e. The van der Waals surface area contributed by atoms with Crippen molar-refractivity contribution in [3.8, 4) is 11.3 Å². The molecular weight excluding hydrogens is 379 g/mol. The van der Waals surface area contributed by atoms with Gasteiger partial charge in [-0.15, -0.1) is 0 Å². The maximum absolute atomic E-state index is 14.1. The van der Waals surface area contributed by atoms with E-state index in [0.29, 0.717) is 48.0 Å². The van der Waals surface area contributed by atoms with Crippen LogP contribution in [0, 0.1) is 12.7 Å². The Morgan fingerprint density at radius 3 is 2.57 bits per heavy atom. The molecule has 2 aromatic carbocycles. The van der Waals surface area contributed by atoms with E-state index in [2.05, 4.69) is 14.9 Å². The number of anilines is 1. The van der Waals surface area contributed by atoms with E-state index in [9.17, 15) is 9.18 Å². The Labute approximate surface area is 167 Å². The molecule has 144 valence electrons. The van der Waals surface area contributed by atoms with E-state index >= 15 is 0 Å². The lowest BCUT2D eigenvalue weighted by atomic mass is 10.1. The third-order valence-electron chi connectivity index (χ3n) is 4.92. The lowest BCUT2D eigenvalue weighted by molar-refractivity contribution is 0.0746. The van der Waals surface area contributed by atoms with Crippen LogP contribution in [-0.2, 0) is 0 Å². The summed E-state index contributed by atoms with van der Waals surface area (Å²) in [5, 5.41) is 0.701. The van der Waals surface area contributed by atoms with Gasteiger partial charge in [0, 0.05) is 37.3 Å². The average Bonchev–Trinajstić information content (AvgIpc) is 3.14. The smallest absolute Gasteiger partial charge is 0.254 e. The van der Waals surface area contributed by atoms with Crippen LogP contribution in [0.5, 0.6) is 0 Å². The van der Waals surface area contributed by atoms with Crippen molar-refractivity contribution in [2.24, 2.45) is 0 Å². The lowest BCUT2D eigenvalue weighted by Gasteiger charge is -2.36. The molecule has 0 aliphatic carbocycles. The van der Waals surface area contributed by atoms with Crippen LogP contribution in [0.4, 0.5) is 10.1 Å². The molecule has 4 rings (SSSR count). The number of amides is 1. The summed E-state index contributed by atoms with van der Waals surface area (Å²) < 4.78 is 14.1. The fraction of sp³-hybridized carbons (Fsp3) is 0.238. The number of para-hydroxylation sites is 1. The van der Waals surface area contributed by atoms with Gasteiger partial charge in [-0.25, -0.2) is 9.37 Å². The van der Waals surface area contributed by atoms with E-state index in [1.54, 1.807) is 17.2 Å². The number of nitrogens with zero attached hydrogens (tertiary/aromatic N) is 3. The van der Waals surface area contributed by atoms with Crippen molar-refractivity contribution in [3.63, 3.8) is 0 Å². The molecule has 1 aromatic heterocycles. The van der Waals surface area contributed by atoms with Crippen molar-refractivity contribution >= 4 is 23.2 Å². The number of halogens is 2. The lowest BCUT2D eigenvalue weighted by Crippen LogP contribution is -2.48. The second-order valence-electron chi connectivity index (χ2n) is 6.84. The predicted octanol–water partition coefficient (Wildman–Crippen LogP) is 4.14. The fourth-order valence-corrected chi connectivity index (χ4v) is 3.73. The van der Waals surface area contributed by atoms with Crippen LogP contribution in [0.15, 0.2) is 48.7 Å². The Kier molecular flexibility index (Phi) is 5.05. The van der Waals surface area contributed by atoms with Crippen molar-refractivity contribution < 1.29 is 9.18 Å². The van der Waals surface area contributed by atoms with E-state index in [1.807, 2.05) is 31.2 Å². The number of aromatic nitrogens is 2. The van der Waals surface area contributed by atoms with Gasteiger partial charge in [-0.1, -0.05) is 23.7 Å². The SMILES string of the molecule is Cc1ncc(-c2cc(F)cc(C(=O)N3CCN(c4ccccc4Cl)CC3)c2)[nH]1. The van der Waals surface area contributed by atoms with Crippen molar-refractivity contribution in [1.82, 2.24) is 14.9 Å². The Morgan fingerprint density at radius 2 is 1.89 bits per heavy atom. The first-order valence-electron chi connectivity index (χ1n) is 9.12. The predicted molar refractivity (Wildman–Crippen MR) is 108 cm³/mol. The molecule has 1 aliphatic heterocycles. The summed E-state index contributed by atoms with van der Waals surface area (Å²) in [7, 11) is 0. The number of aryl methyl sites for hydroxylation is 1. The zero-order chi connectivity index (χ0) is 19.7. The van der Waals surface area contributed by atoms with E-state index in [0.717, 1.165) is 11.5 Å². The second kappa shape index (κ2) is 7.64. The van der Waals surface area contributed by atoms with Gasteiger partial charge in [0.1, 0.15) is 11.6 Å². The normalized spacial score (nSPS) is 14.4. The minimum Gasteiger partial charge on any atom is -0.367 e. The largest absolute Gasteiger partial charge is 0.367 e. The monoisotopic (exact) mass is 398 g/mol. The van der Waals surface area contributed by atoms with Gasteiger partial charge in [-0.2, -0.15) is 0 Å². The minimum absolute atomic E-state index is 0.171. The van der Waals surface area contributed by atoms with Crippen molar-refractivity contribution in [3.05, 3.63) is 70.9 Å². The summed E-state index contributed by atoms with van der Waals surface area (Å²) in [4.78, 5) is 24.1. The molecular formula is C21H20ClFN4O. The third-order valence-corrected chi connectivity index (χ3v) is 5.24. The molecule has 0 atom stereocenters. The Balaban J connectivity index is 1.50. The molecule has 1 amide bonds. The molecule has 5 nitrogen and oxygen atoms in total. The van der Waals surface area contributed by atoms with Gasteiger partial charge < -0.3 is 14.8 Å². The van der Waals surface area contributed by atoms with Gasteiger partial charge in [0.05, 0.1) is 22.6 Å². The van der Waals surface area contributed by atoms with Crippen LogP contribution >= 0.6 is 11.6 Å². The number of hydrogen-bond donors (Lipinski definition) is 1. The summed E-state index contributed by atoms with van der Waals surface area (Å²) in [5.41, 5.74) is 2.61. The third kappa shape index (κ3) is 3.73. The van der Waals surface area contributed by atoms with Gasteiger partial charge in [0.15, 0.2) is 0 Å². The molecule has 1 N–H and O–H groups in total. The van der Waals surface area contributed by atoms with Gasteiger partial charge in [0.2, 0.25) is 0 Å². The molecule has 28 heavy (non-hydrogen) atoms. The maximum atomic E-state index is 14.1. The topological polar surface area (TPSA) is 52.2 Å². The number of carbonyl (C=O) groups is 1. The molecule has 7 heteroatoms. The zero-order valence-corrected chi connectivity index (χ0v) is 16.2. The van der Waals surface area contributed by atoms with Crippen LogP contribution < -0.4 is 4.90 Å². The van der Waals surface area contributed by atoms with Crippen molar-refractivity contribution in [2.45, 2.75) is 6.92 Å². The molecule has 0 spiro atoms. The van der Waals surface area contributed by atoms with E-state index in [4.69, 9.17) is 11.6 Å². The van der Waals surface area contributed by atoms with Gasteiger partial charge in [-0.3, -0.25) is 4.79 Å². The fourth-order valence-electron chi connectivity index (χ4n) is 3.48. The summed E-state index contributed by atoms with van der Waals surface area (Å²) in [6.07, 6.45) is 1.64. The van der Waals surface area contributed by atoms with Crippen LogP contribution in [0.1, 0.15) is 16.2 Å². The molecule has 0 radical (unpaired) electrons. The first-order chi connectivity index (χ1) is 13.5. The number of aromatic amines is 1. The van der Waals surface area contributed by atoms with E-state index in [-0.39, 0.29) is 5.91 Å². The average molecular weight is 399 g/mol. The highest BCUT2D eigenvalue weighted by atomic mass is 35.5. The highest BCUT2D eigenvalue weighted by Gasteiger charge is 2.24. The Hall–Kier alpha value is -2.86. The van der Waals surface area contributed by atoms with E-state index < -0.39 is 5.82 Å². The van der Waals surface area contributed by atoms with E-state index in [1.165, 1.54) is 12.1 Å². The number of nitrogens with one attached hydrogen (secondary N) is 1. The summed E-state index contributed by atoms with van der Waals surface area (Å²) in [5.74, 6) is 0.126. The zero-order valence-electron chi connectivity index (χ0n) is 15.5. The molecule has 1 saturated heterocycles. The van der Waals surface area contributed by atoms with Gasteiger partial charge in [-0.05, 0) is 37.3 Å². The number of carbonyl (C=O) groups excluding carboxylic acids is 1. The van der Waals surface area contributed by atoms with Crippen LogP contribution in [0.2, 0.25) is 5.02 Å². The number of imidazole rings is 1. The first kappa shape index (κ1) is 18.5. The Bertz CT molecular complexity index is 1010.